The smallest absolute Gasteiger partial charge is 0.341 e. The number of nitrogens with zero attached hydrogens (tertiary/aromatic N) is 2. The Morgan fingerprint density at radius 1 is 1.03 bits per heavy atom. The van der Waals surface area contributed by atoms with Crippen molar-refractivity contribution in [3.63, 3.8) is 0 Å². The fourth-order valence-corrected chi connectivity index (χ4v) is 3.93. The predicted molar refractivity (Wildman–Crippen MR) is 118 cm³/mol. The van der Waals surface area contributed by atoms with Crippen LogP contribution in [0.15, 0.2) is 78.2 Å². The zero-order valence-corrected chi connectivity index (χ0v) is 17.1. The average molecular weight is 416 g/mol. The summed E-state index contributed by atoms with van der Waals surface area (Å²) in [4.78, 5) is 20.8. The minimum Gasteiger partial charge on any atom is -0.482 e. The Morgan fingerprint density at radius 2 is 1.81 bits per heavy atom. The Morgan fingerprint density at radius 3 is 2.58 bits per heavy atom. The molecular weight excluding hydrogens is 392 g/mol. The molecule has 0 radical (unpaired) electrons. The monoisotopic (exact) mass is 416 g/mol. The van der Waals surface area contributed by atoms with Crippen LogP contribution in [0, 0.1) is 0 Å². The van der Waals surface area contributed by atoms with E-state index in [0.717, 1.165) is 47.2 Å². The SMILES string of the molecule is O=C(O)COc1cccc2c1CCCC2CON=C(c1ccccc1)c1ccncc1. The standard InChI is InChI=1S/C25H24N2O4/c28-24(29)17-30-23-11-5-9-21-20(8-4-10-22(21)23)16-31-27-25(18-6-2-1-3-7-18)19-12-14-26-15-13-19/h1-3,5-7,9,11-15,20H,4,8,10,16-17H2,(H,28,29). The summed E-state index contributed by atoms with van der Waals surface area (Å²) in [6, 6.07) is 19.6. The van der Waals surface area contributed by atoms with E-state index in [4.69, 9.17) is 14.7 Å². The number of hydrogen-bond donors (Lipinski definition) is 1. The number of carboxylic acids is 1. The van der Waals surface area contributed by atoms with Crippen LogP contribution in [0.3, 0.4) is 0 Å². The lowest BCUT2D eigenvalue weighted by Gasteiger charge is -2.26. The van der Waals surface area contributed by atoms with Gasteiger partial charge in [0.25, 0.3) is 0 Å². The van der Waals surface area contributed by atoms with Crippen molar-refractivity contribution < 1.29 is 19.5 Å². The molecule has 31 heavy (non-hydrogen) atoms. The molecule has 6 heteroatoms. The van der Waals surface area contributed by atoms with Crippen molar-refractivity contribution in [1.82, 2.24) is 4.98 Å². The number of aliphatic carboxylic acids is 1. The van der Waals surface area contributed by atoms with Gasteiger partial charge in [0.15, 0.2) is 6.61 Å². The fourth-order valence-electron chi connectivity index (χ4n) is 3.93. The molecule has 0 spiro atoms. The van der Waals surface area contributed by atoms with Crippen LogP contribution in [0.4, 0.5) is 0 Å². The van der Waals surface area contributed by atoms with Crippen LogP contribution in [0.25, 0.3) is 0 Å². The van der Waals surface area contributed by atoms with Gasteiger partial charge in [-0.15, -0.1) is 0 Å². The van der Waals surface area contributed by atoms with Crippen molar-refractivity contribution in [1.29, 1.82) is 0 Å². The van der Waals surface area contributed by atoms with Crippen molar-refractivity contribution in [2.75, 3.05) is 13.2 Å². The Bertz CT molecular complexity index is 1010. The molecule has 2 aromatic carbocycles. The van der Waals surface area contributed by atoms with Crippen LogP contribution in [-0.4, -0.2) is 35.0 Å². The molecule has 0 amide bonds. The number of hydrogen-bond acceptors (Lipinski definition) is 5. The number of ether oxygens (including phenoxy) is 1. The number of rotatable bonds is 8. The van der Waals surface area contributed by atoms with Crippen LogP contribution >= 0.6 is 0 Å². The Kier molecular flexibility index (Phi) is 6.57. The molecule has 1 aliphatic carbocycles. The van der Waals surface area contributed by atoms with E-state index in [1.54, 1.807) is 12.4 Å². The second-order valence-electron chi connectivity index (χ2n) is 7.43. The molecule has 1 aromatic heterocycles. The molecular formula is C25H24N2O4. The summed E-state index contributed by atoms with van der Waals surface area (Å²) in [6.45, 7) is 0.102. The highest BCUT2D eigenvalue weighted by atomic mass is 16.6. The number of aromatic nitrogens is 1. The summed E-state index contributed by atoms with van der Waals surface area (Å²) < 4.78 is 5.50. The van der Waals surface area contributed by atoms with Crippen molar-refractivity contribution in [2.24, 2.45) is 5.16 Å². The van der Waals surface area contributed by atoms with E-state index in [1.165, 1.54) is 0 Å². The molecule has 1 unspecified atom stereocenters. The minimum atomic E-state index is -0.979. The first-order valence-corrected chi connectivity index (χ1v) is 10.3. The third-order valence-electron chi connectivity index (χ3n) is 5.37. The van der Waals surface area contributed by atoms with Gasteiger partial charge in [0.1, 0.15) is 18.1 Å². The zero-order valence-electron chi connectivity index (χ0n) is 17.1. The Labute approximate surface area is 181 Å². The molecule has 0 saturated heterocycles. The fraction of sp³-hybridized carbons (Fsp3) is 0.240. The third kappa shape index (κ3) is 5.09. The summed E-state index contributed by atoms with van der Waals surface area (Å²) in [6.07, 6.45) is 6.33. The molecule has 0 bridgehead atoms. The van der Waals surface area contributed by atoms with E-state index in [9.17, 15) is 4.79 Å². The summed E-state index contributed by atoms with van der Waals surface area (Å²) >= 11 is 0. The second-order valence-corrected chi connectivity index (χ2v) is 7.43. The number of carboxylic acid groups (broad SMARTS) is 1. The van der Waals surface area contributed by atoms with Crippen LogP contribution in [0.5, 0.6) is 5.75 Å². The molecule has 158 valence electrons. The maximum Gasteiger partial charge on any atom is 0.341 e. The largest absolute Gasteiger partial charge is 0.482 e. The molecule has 6 nitrogen and oxygen atoms in total. The van der Waals surface area contributed by atoms with Gasteiger partial charge in [0.05, 0.1) is 0 Å². The molecule has 1 heterocycles. The van der Waals surface area contributed by atoms with Gasteiger partial charge in [-0.05, 0) is 48.6 Å². The first-order chi connectivity index (χ1) is 15.2. The van der Waals surface area contributed by atoms with Crippen molar-refractivity contribution in [2.45, 2.75) is 25.2 Å². The van der Waals surface area contributed by atoms with Crippen molar-refractivity contribution in [3.05, 3.63) is 95.3 Å². The average Bonchev–Trinajstić information content (AvgIpc) is 2.81. The van der Waals surface area contributed by atoms with E-state index in [0.29, 0.717) is 12.4 Å². The highest BCUT2D eigenvalue weighted by Gasteiger charge is 2.24. The van der Waals surface area contributed by atoms with Gasteiger partial charge in [-0.3, -0.25) is 4.98 Å². The van der Waals surface area contributed by atoms with Crippen molar-refractivity contribution >= 4 is 11.7 Å². The van der Waals surface area contributed by atoms with E-state index in [-0.39, 0.29) is 12.5 Å². The maximum absolute atomic E-state index is 10.9. The quantitative estimate of drug-likeness (QED) is 0.434. The van der Waals surface area contributed by atoms with Gasteiger partial charge < -0.3 is 14.7 Å². The summed E-state index contributed by atoms with van der Waals surface area (Å²) in [5.74, 6) is -0.155. The van der Waals surface area contributed by atoms with Gasteiger partial charge in [0.2, 0.25) is 0 Å². The summed E-state index contributed by atoms with van der Waals surface area (Å²) in [7, 11) is 0. The summed E-state index contributed by atoms with van der Waals surface area (Å²) in [5.41, 5.74) is 4.90. The topological polar surface area (TPSA) is 81.0 Å². The molecule has 0 fully saturated rings. The highest BCUT2D eigenvalue weighted by molar-refractivity contribution is 6.12. The maximum atomic E-state index is 10.9. The van der Waals surface area contributed by atoms with Crippen LogP contribution < -0.4 is 4.74 Å². The van der Waals surface area contributed by atoms with Crippen molar-refractivity contribution in [3.8, 4) is 5.75 Å². The molecule has 0 saturated carbocycles. The molecule has 1 N–H and O–H groups in total. The van der Waals surface area contributed by atoms with Crippen LogP contribution in [0.1, 0.15) is 41.0 Å². The lowest BCUT2D eigenvalue weighted by molar-refractivity contribution is -0.139. The molecule has 3 aromatic rings. The number of carbonyl (C=O) groups is 1. The Balaban J connectivity index is 1.53. The first kappa shape index (κ1) is 20.6. The number of fused-ring (bicyclic) bond motifs is 1. The van der Waals surface area contributed by atoms with Crippen LogP contribution in [0.2, 0.25) is 0 Å². The van der Waals surface area contributed by atoms with Gasteiger partial charge in [-0.1, -0.05) is 47.6 Å². The lowest BCUT2D eigenvalue weighted by atomic mass is 9.83. The second kappa shape index (κ2) is 9.89. The number of oxime groups is 1. The van der Waals surface area contributed by atoms with Gasteiger partial charge in [-0.2, -0.15) is 0 Å². The summed E-state index contributed by atoms with van der Waals surface area (Å²) in [5, 5.41) is 13.4. The first-order valence-electron chi connectivity index (χ1n) is 10.3. The molecule has 1 atom stereocenters. The normalized spacial score (nSPS) is 15.7. The van der Waals surface area contributed by atoms with E-state index < -0.39 is 5.97 Å². The zero-order chi connectivity index (χ0) is 21.5. The Hall–Kier alpha value is -3.67. The van der Waals surface area contributed by atoms with E-state index in [2.05, 4.69) is 16.2 Å². The highest BCUT2D eigenvalue weighted by Crippen LogP contribution is 2.37. The van der Waals surface area contributed by atoms with E-state index in [1.807, 2.05) is 54.6 Å². The molecule has 4 rings (SSSR count). The van der Waals surface area contributed by atoms with Crippen LogP contribution in [-0.2, 0) is 16.1 Å². The van der Waals surface area contributed by atoms with Gasteiger partial charge in [0, 0.05) is 29.4 Å². The van der Waals surface area contributed by atoms with E-state index >= 15 is 0 Å². The number of benzene rings is 2. The number of pyridine rings is 1. The third-order valence-corrected chi connectivity index (χ3v) is 5.37. The molecule has 1 aliphatic rings. The lowest BCUT2D eigenvalue weighted by Crippen LogP contribution is -2.17. The predicted octanol–water partition coefficient (Wildman–Crippen LogP) is 4.43. The minimum absolute atomic E-state index is 0.176. The molecule has 0 aliphatic heterocycles. The van der Waals surface area contributed by atoms with Gasteiger partial charge in [-0.25, -0.2) is 4.79 Å². The van der Waals surface area contributed by atoms with Gasteiger partial charge >= 0.3 is 5.97 Å².